The molecule has 3 aliphatic heterocycles. The monoisotopic (exact) mass is 537 g/mol. The van der Waals surface area contributed by atoms with E-state index in [4.69, 9.17) is 30.8 Å². The van der Waals surface area contributed by atoms with Crippen LogP contribution < -0.4 is 19.9 Å². The molecule has 2 amide bonds. The number of aryl methyl sites for hydroxylation is 1. The molecule has 2 saturated heterocycles. The van der Waals surface area contributed by atoms with Gasteiger partial charge in [0.05, 0.1) is 41.4 Å². The van der Waals surface area contributed by atoms with E-state index in [9.17, 15) is 4.79 Å². The molecule has 1 N–H and O–H groups in total. The van der Waals surface area contributed by atoms with Crippen molar-refractivity contribution in [2.75, 3.05) is 41.4 Å². The molecule has 11 nitrogen and oxygen atoms in total. The molecule has 0 saturated carbocycles. The largest absolute Gasteiger partial charge is 0.474 e. The van der Waals surface area contributed by atoms with Crippen LogP contribution in [0, 0.1) is 6.92 Å². The van der Waals surface area contributed by atoms with E-state index in [1.807, 2.05) is 39.0 Å². The highest BCUT2D eigenvalue weighted by molar-refractivity contribution is 6.33. The lowest BCUT2D eigenvalue weighted by molar-refractivity contribution is -0.141. The van der Waals surface area contributed by atoms with Crippen LogP contribution in [0.4, 0.5) is 22.1 Å². The number of pyridine rings is 2. The Labute approximate surface area is 225 Å². The predicted octanol–water partition coefficient (Wildman–Crippen LogP) is 4.06. The van der Waals surface area contributed by atoms with E-state index in [1.54, 1.807) is 11.1 Å². The minimum absolute atomic E-state index is 0.0170. The van der Waals surface area contributed by atoms with Crippen molar-refractivity contribution in [1.29, 1.82) is 0 Å². The Kier molecular flexibility index (Phi) is 6.29. The fourth-order valence-corrected chi connectivity index (χ4v) is 5.28. The summed E-state index contributed by atoms with van der Waals surface area (Å²) >= 11 is 6.66. The van der Waals surface area contributed by atoms with E-state index >= 15 is 0 Å². The third-order valence-corrected chi connectivity index (χ3v) is 7.06. The van der Waals surface area contributed by atoms with Crippen LogP contribution in [-0.4, -0.2) is 70.2 Å². The highest BCUT2D eigenvalue weighted by atomic mass is 35.5. The quantitative estimate of drug-likeness (QED) is 0.514. The van der Waals surface area contributed by atoms with Gasteiger partial charge < -0.3 is 19.1 Å². The molecule has 2 bridgehead atoms. The van der Waals surface area contributed by atoms with Crippen molar-refractivity contribution in [3.63, 3.8) is 0 Å². The Morgan fingerprint density at radius 2 is 2.13 bits per heavy atom. The van der Waals surface area contributed by atoms with Crippen molar-refractivity contribution < 1.29 is 19.0 Å². The van der Waals surface area contributed by atoms with Gasteiger partial charge in [-0.2, -0.15) is 0 Å². The Balaban J connectivity index is 1.20. The van der Waals surface area contributed by atoms with Gasteiger partial charge in [-0.3, -0.25) is 15.2 Å². The summed E-state index contributed by atoms with van der Waals surface area (Å²) in [6.07, 6.45) is 5.31. The zero-order valence-electron chi connectivity index (χ0n) is 21.3. The molecular formula is C26H28ClN7O4. The summed E-state index contributed by atoms with van der Waals surface area (Å²) in [4.78, 5) is 35.2. The van der Waals surface area contributed by atoms with E-state index in [2.05, 4.69) is 25.2 Å². The average molecular weight is 538 g/mol. The molecule has 12 heteroatoms. The van der Waals surface area contributed by atoms with E-state index < -0.39 is 5.79 Å². The van der Waals surface area contributed by atoms with Gasteiger partial charge in [0.1, 0.15) is 12.7 Å². The van der Waals surface area contributed by atoms with Crippen molar-refractivity contribution in [3.8, 4) is 17.1 Å². The minimum atomic E-state index is -0.616. The number of fused-ring (bicyclic) bond motifs is 4. The summed E-state index contributed by atoms with van der Waals surface area (Å²) in [6.45, 7) is 7.92. The van der Waals surface area contributed by atoms with E-state index in [0.717, 1.165) is 29.9 Å². The molecular weight excluding hydrogens is 510 g/mol. The number of carbonyl (C=O) groups is 1. The van der Waals surface area contributed by atoms with Crippen LogP contribution in [0.3, 0.4) is 0 Å². The third-order valence-electron chi connectivity index (χ3n) is 6.77. The Hall–Kier alpha value is -3.54. The van der Waals surface area contributed by atoms with Crippen molar-refractivity contribution in [2.45, 2.75) is 45.1 Å². The third kappa shape index (κ3) is 4.84. The highest BCUT2D eigenvalue weighted by Gasteiger charge is 2.41. The first kappa shape index (κ1) is 24.8. The molecule has 6 heterocycles. The Morgan fingerprint density at radius 1 is 1.26 bits per heavy atom. The van der Waals surface area contributed by atoms with Gasteiger partial charge in [-0.25, -0.2) is 19.7 Å². The minimum Gasteiger partial charge on any atom is -0.474 e. The van der Waals surface area contributed by atoms with Gasteiger partial charge >= 0.3 is 6.03 Å². The van der Waals surface area contributed by atoms with Crippen LogP contribution >= 0.6 is 11.6 Å². The molecule has 6 rings (SSSR count). The number of nitrogens with zero attached hydrogens (tertiary/aromatic N) is 6. The zero-order chi connectivity index (χ0) is 26.4. The number of hydrogen-bond acceptors (Lipinski definition) is 9. The van der Waals surface area contributed by atoms with Crippen molar-refractivity contribution in [1.82, 2.24) is 19.9 Å². The second-order valence-corrected chi connectivity index (χ2v) is 10.4. The first-order valence-electron chi connectivity index (χ1n) is 12.5. The van der Waals surface area contributed by atoms with Gasteiger partial charge in [-0.1, -0.05) is 11.6 Å². The van der Waals surface area contributed by atoms with Crippen LogP contribution in [0.5, 0.6) is 5.88 Å². The molecule has 198 valence electrons. The molecule has 2 fully saturated rings. The maximum Gasteiger partial charge on any atom is 0.329 e. The van der Waals surface area contributed by atoms with Gasteiger partial charge in [-0.15, -0.1) is 0 Å². The molecule has 2 atom stereocenters. The number of urea groups is 1. The van der Waals surface area contributed by atoms with Crippen molar-refractivity contribution >= 4 is 35.0 Å². The number of anilines is 3. The Morgan fingerprint density at radius 3 is 2.87 bits per heavy atom. The summed E-state index contributed by atoms with van der Waals surface area (Å²) in [6, 6.07) is 5.34. The molecule has 1 unspecified atom stereocenters. The normalized spacial score (nSPS) is 21.4. The second kappa shape index (κ2) is 9.64. The van der Waals surface area contributed by atoms with E-state index in [0.29, 0.717) is 48.0 Å². The molecule has 0 spiro atoms. The fraction of sp³-hybridized carbons (Fsp3) is 0.423. The summed E-state index contributed by atoms with van der Waals surface area (Å²) < 4.78 is 17.0. The van der Waals surface area contributed by atoms with Gasteiger partial charge in [0.25, 0.3) is 0 Å². The number of carbonyl (C=O) groups excluding carboxylic acids is 1. The smallest absolute Gasteiger partial charge is 0.329 e. The SMILES string of the molecule is Cc1cc(-c2nc3c(cc2Cl)N2CC[C@@H](C2)N3C(=O)Nc2cnc(OCC3COC(C)(C)O3)cn2)ccn1. The van der Waals surface area contributed by atoms with Gasteiger partial charge in [0.2, 0.25) is 5.88 Å². The van der Waals surface area contributed by atoms with Crippen molar-refractivity contribution in [3.05, 3.63) is 47.5 Å². The molecule has 0 aromatic carbocycles. The van der Waals surface area contributed by atoms with Crippen LogP contribution in [0.2, 0.25) is 5.02 Å². The average Bonchev–Trinajstić information content (AvgIpc) is 3.47. The maximum atomic E-state index is 13.5. The number of amides is 2. The number of aromatic nitrogens is 4. The lowest BCUT2D eigenvalue weighted by atomic mass is 10.1. The summed E-state index contributed by atoms with van der Waals surface area (Å²) in [5.74, 6) is 0.597. The maximum absolute atomic E-state index is 13.5. The fourth-order valence-electron chi connectivity index (χ4n) is 5.03. The number of halogens is 1. The second-order valence-electron chi connectivity index (χ2n) is 10.0. The van der Waals surface area contributed by atoms with E-state index in [-0.39, 0.29) is 18.2 Å². The van der Waals surface area contributed by atoms with E-state index in [1.165, 1.54) is 12.4 Å². The van der Waals surface area contributed by atoms with Gasteiger partial charge in [0.15, 0.2) is 17.4 Å². The zero-order valence-corrected chi connectivity index (χ0v) is 22.1. The molecule has 0 aliphatic carbocycles. The summed E-state index contributed by atoms with van der Waals surface area (Å²) in [5.41, 5.74) is 3.15. The number of hydrogen-bond donors (Lipinski definition) is 1. The molecule has 3 aromatic heterocycles. The van der Waals surface area contributed by atoms with Gasteiger partial charge in [-0.05, 0) is 45.4 Å². The molecule has 38 heavy (non-hydrogen) atoms. The topological polar surface area (TPSA) is 115 Å². The number of ether oxygens (including phenoxy) is 3. The lowest BCUT2D eigenvalue weighted by Crippen LogP contribution is -2.48. The first-order valence-corrected chi connectivity index (χ1v) is 12.9. The Bertz CT molecular complexity index is 1370. The van der Waals surface area contributed by atoms with Crippen LogP contribution in [-0.2, 0) is 9.47 Å². The molecule has 0 radical (unpaired) electrons. The summed E-state index contributed by atoms with van der Waals surface area (Å²) in [7, 11) is 0. The molecule has 3 aliphatic rings. The molecule has 3 aromatic rings. The highest BCUT2D eigenvalue weighted by Crippen LogP contribution is 2.43. The first-order chi connectivity index (χ1) is 18.3. The lowest BCUT2D eigenvalue weighted by Gasteiger charge is -2.36. The van der Waals surface area contributed by atoms with Crippen LogP contribution in [0.25, 0.3) is 11.3 Å². The number of rotatable bonds is 5. The predicted molar refractivity (Wildman–Crippen MR) is 142 cm³/mol. The van der Waals surface area contributed by atoms with Crippen LogP contribution in [0.15, 0.2) is 36.8 Å². The summed E-state index contributed by atoms with van der Waals surface area (Å²) in [5, 5.41) is 3.39. The van der Waals surface area contributed by atoms with Gasteiger partial charge in [0, 0.05) is 30.5 Å². The van der Waals surface area contributed by atoms with Crippen LogP contribution in [0.1, 0.15) is 26.0 Å². The number of nitrogens with one attached hydrogen (secondary N) is 1. The standard InChI is InChI=1S/C26H28ClN7O4/c1-15-8-16(4-6-28-15)23-19(27)9-20-24(32-23)34(17-5-7-33(20)12-17)25(35)31-21-10-30-22(11-29-21)36-13-18-14-37-26(2,3)38-18/h4,6,8-11,17-18H,5,7,12-14H2,1-3H3,(H,29,31,35)/t17-,18?/m0/s1. The van der Waals surface area contributed by atoms with Crippen molar-refractivity contribution in [2.24, 2.45) is 0 Å².